The molecule has 2 aromatic rings. The Morgan fingerprint density at radius 3 is 2.94 bits per heavy atom. The first-order valence-electron chi connectivity index (χ1n) is 4.75. The summed E-state index contributed by atoms with van der Waals surface area (Å²) in [5.74, 6) is 5.56. The molecule has 0 radical (unpaired) electrons. The average Bonchev–Trinajstić information content (AvgIpc) is 2.84. The minimum absolute atomic E-state index is 0.0769. The number of aromatic nitrogens is 3. The molecule has 5 nitrogen and oxygen atoms in total. The van der Waals surface area contributed by atoms with E-state index in [1.807, 2.05) is 19.3 Å². The van der Waals surface area contributed by atoms with Gasteiger partial charge in [0.25, 0.3) is 0 Å². The summed E-state index contributed by atoms with van der Waals surface area (Å²) in [6.07, 6.45) is 2.63. The second-order valence-electron chi connectivity index (χ2n) is 3.45. The fourth-order valence-corrected chi connectivity index (χ4v) is 2.94. The molecule has 1 atom stereocenters. The highest BCUT2D eigenvalue weighted by Crippen LogP contribution is 2.28. The van der Waals surface area contributed by atoms with E-state index in [2.05, 4.69) is 37.7 Å². The van der Waals surface area contributed by atoms with Gasteiger partial charge in [-0.15, -0.1) is 16.4 Å². The van der Waals surface area contributed by atoms with Crippen LogP contribution in [-0.4, -0.2) is 15.0 Å². The quantitative estimate of drug-likeness (QED) is 0.661. The van der Waals surface area contributed by atoms with Gasteiger partial charge in [0.1, 0.15) is 0 Å². The zero-order chi connectivity index (χ0) is 11.5. The first kappa shape index (κ1) is 11.7. The van der Waals surface area contributed by atoms with Crippen molar-refractivity contribution in [1.29, 1.82) is 0 Å². The molecule has 0 fully saturated rings. The van der Waals surface area contributed by atoms with Gasteiger partial charge in [-0.1, -0.05) is 5.21 Å². The zero-order valence-corrected chi connectivity index (χ0v) is 11.1. The van der Waals surface area contributed by atoms with Crippen LogP contribution in [0.3, 0.4) is 0 Å². The molecule has 1 unspecified atom stereocenters. The first-order valence-corrected chi connectivity index (χ1v) is 6.36. The van der Waals surface area contributed by atoms with Gasteiger partial charge in [-0.25, -0.2) is 0 Å². The SMILES string of the molecule is Cn1cc(CC(NN)c2ccc(Br)s2)nn1. The van der Waals surface area contributed by atoms with Gasteiger partial charge in [0.15, 0.2) is 0 Å². The van der Waals surface area contributed by atoms with Crippen molar-refractivity contribution < 1.29 is 0 Å². The van der Waals surface area contributed by atoms with Crippen LogP contribution in [-0.2, 0) is 13.5 Å². The lowest BCUT2D eigenvalue weighted by Gasteiger charge is -2.11. The van der Waals surface area contributed by atoms with Crippen molar-refractivity contribution >= 4 is 27.3 Å². The van der Waals surface area contributed by atoms with Crippen LogP contribution in [0.4, 0.5) is 0 Å². The predicted molar refractivity (Wildman–Crippen MR) is 66.8 cm³/mol. The van der Waals surface area contributed by atoms with Gasteiger partial charge in [-0.05, 0) is 28.1 Å². The van der Waals surface area contributed by atoms with E-state index >= 15 is 0 Å². The van der Waals surface area contributed by atoms with Gasteiger partial charge >= 0.3 is 0 Å². The van der Waals surface area contributed by atoms with Gasteiger partial charge in [0.2, 0.25) is 0 Å². The zero-order valence-electron chi connectivity index (χ0n) is 8.72. The standard InChI is InChI=1S/C9H12BrN5S/c1-15-5-6(13-14-15)4-7(12-11)8-2-3-9(10)16-8/h2-3,5,7,12H,4,11H2,1H3. The number of rotatable bonds is 4. The van der Waals surface area contributed by atoms with E-state index in [0.29, 0.717) is 0 Å². The molecule has 2 aromatic heterocycles. The molecule has 0 aliphatic heterocycles. The van der Waals surface area contributed by atoms with Gasteiger partial charge in [-0.3, -0.25) is 16.0 Å². The van der Waals surface area contributed by atoms with E-state index in [-0.39, 0.29) is 6.04 Å². The van der Waals surface area contributed by atoms with Gasteiger partial charge in [-0.2, -0.15) is 0 Å². The van der Waals surface area contributed by atoms with Crippen LogP contribution in [0.2, 0.25) is 0 Å². The Morgan fingerprint density at radius 2 is 2.44 bits per heavy atom. The van der Waals surface area contributed by atoms with Crippen LogP contribution in [0.1, 0.15) is 16.6 Å². The van der Waals surface area contributed by atoms with Crippen LogP contribution >= 0.6 is 27.3 Å². The van der Waals surface area contributed by atoms with E-state index < -0.39 is 0 Å². The average molecular weight is 302 g/mol. The van der Waals surface area contributed by atoms with E-state index in [1.54, 1.807) is 16.0 Å². The van der Waals surface area contributed by atoms with Crippen molar-refractivity contribution in [3.05, 3.63) is 32.7 Å². The molecule has 0 aromatic carbocycles. The third-order valence-electron chi connectivity index (χ3n) is 2.20. The lowest BCUT2D eigenvalue weighted by molar-refractivity contribution is 0.554. The minimum Gasteiger partial charge on any atom is -0.271 e. The van der Waals surface area contributed by atoms with Crippen molar-refractivity contribution in [2.24, 2.45) is 12.9 Å². The fourth-order valence-electron chi connectivity index (χ4n) is 1.46. The number of nitrogens with one attached hydrogen (secondary N) is 1. The van der Waals surface area contributed by atoms with Crippen molar-refractivity contribution in [3.63, 3.8) is 0 Å². The smallest absolute Gasteiger partial charge is 0.0846 e. The van der Waals surface area contributed by atoms with Gasteiger partial charge < -0.3 is 0 Å². The molecule has 2 heterocycles. The Morgan fingerprint density at radius 1 is 1.62 bits per heavy atom. The molecule has 0 bridgehead atoms. The van der Waals surface area contributed by atoms with Crippen molar-refractivity contribution in [2.75, 3.05) is 0 Å². The topological polar surface area (TPSA) is 68.8 Å². The fraction of sp³-hybridized carbons (Fsp3) is 0.333. The van der Waals surface area contributed by atoms with E-state index in [9.17, 15) is 0 Å². The van der Waals surface area contributed by atoms with E-state index in [1.165, 1.54) is 4.88 Å². The summed E-state index contributed by atoms with van der Waals surface area (Å²) in [4.78, 5) is 1.18. The monoisotopic (exact) mass is 301 g/mol. The third-order valence-corrected chi connectivity index (χ3v) is 3.94. The summed E-state index contributed by atoms with van der Waals surface area (Å²) >= 11 is 5.10. The Kier molecular flexibility index (Phi) is 3.70. The summed E-state index contributed by atoms with van der Waals surface area (Å²) in [7, 11) is 1.85. The number of thiophene rings is 1. The molecule has 0 aliphatic rings. The van der Waals surface area contributed by atoms with Crippen molar-refractivity contribution in [1.82, 2.24) is 20.4 Å². The van der Waals surface area contributed by atoms with Crippen LogP contribution in [0.25, 0.3) is 0 Å². The predicted octanol–water partition coefficient (Wildman–Crippen LogP) is 1.39. The molecular formula is C9H12BrN5S. The number of hydrazine groups is 1. The Bertz CT molecular complexity index is 466. The summed E-state index contributed by atoms with van der Waals surface area (Å²) in [6.45, 7) is 0. The molecule has 16 heavy (non-hydrogen) atoms. The summed E-state index contributed by atoms with van der Waals surface area (Å²) < 4.78 is 2.79. The highest BCUT2D eigenvalue weighted by molar-refractivity contribution is 9.11. The maximum atomic E-state index is 5.56. The summed E-state index contributed by atoms with van der Waals surface area (Å²) in [5, 5.41) is 7.94. The molecule has 2 rings (SSSR count). The van der Waals surface area contributed by atoms with Crippen LogP contribution in [0, 0.1) is 0 Å². The van der Waals surface area contributed by atoms with Crippen LogP contribution < -0.4 is 11.3 Å². The van der Waals surface area contributed by atoms with E-state index in [4.69, 9.17) is 5.84 Å². The Balaban J connectivity index is 2.12. The summed E-state index contributed by atoms with van der Waals surface area (Å²) in [5.41, 5.74) is 3.73. The lowest BCUT2D eigenvalue weighted by atomic mass is 10.1. The minimum atomic E-state index is 0.0769. The first-order chi connectivity index (χ1) is 7.69. The second-order valence-corrected chi connectivity index (χ2v) is 5.94. The molecule has 3 N–H and O–H groups in total. The molecule has 0 saturated heterocycles. The maximum absolute atomic E-state index is 5.56. The van der Waals surface area contributed by atoms with Crippen LogP contribution in [0.5, 0.6) is 0 Å². The number of nitrogens with two attached hydrogens (primary N) is 1. The molecule has 0 aliphatic carbocycles. The molecular weight excluding hydrogens is 290 g/mol. The number of hydrogen-bond acceptors (Lipinski definition) is 5. The Hall–Kier alpha value is -0.760. The highest BCUT2D eigenvalue weighted by Gasteiger charge is 2.14. The second kappa shape index (κ2) is 5.05. The maximum Gasteiger partial charge on any atom is 0.0846 e. The van der Waals surface area contributed by atoms with Crippen LogP contribution in [0.15, 0.2) is 22.1 Å². The lowest BCUT2D eigenvalue weighted by Crippen LogP contribution is -2.29. The molecule has 0 saturated carbocycles. The molecule has 7 heteroatoms. The molecule has 0 amide bonds. The normalized spacial score (nSPS) is 12.9. The molecule has 0 spiro atoms. The Labute approximate surface area is 106 Å². The number of aryl methyl sites for hydroxylation is 1. The summed E-state index contributed by atoms with van der Waals surface area (Å²) in [6, 6.07) is 4.14. The highest BCUT2D eigenvalue weighted by atomic mass is 79.9. The number of hydrogen-bond donors (Lipinski definition) is 2. The number of halogens is 1. The van der Waals surface area contributed by atoms with Crippen molar-refractivity contribution in [3.8, 4) is 0 Å². The third kappa shape index (κ3) is 2.67. The van der Waals surface area contributed by atoms with Crippen molar-refractivity contribution in [2.45, 2.75) is 12.5 Å². The van der Waals surface area contributed by atoms with E-state index in [0.717, 1.165) is 15.9 Å². The number of nitrogens with zero attached hydrogens (tertiary/aromatic N) is 3. The van der Waals surface area contributed by atoms with Gasteiger partial charge in [0, 0.05) is 24.5 Å². The largest absolute Gasteiger partial charge is 0.271 e. The van der Waals surface area contributed by atoms with Gasteiger partial charge in [0.05, 0.1) is 15.5 Å². The molecule has 86 valence electrons.